The molecule has 0 fully saturated rings. The fourth-order valence-corrected chi connectivity index (χ4v) is 4.34. The molecule has 0 unspecified atom stereocenters. The summed E-state index contributed by atoms with van der Waals surface area (Å²) in [6.45, 7) is 0. The number of aromatic hydroxyl groups is 5. The summed E-state index contributed by atoms with van der Waals surface area (Å²) in [5.74, 6) is -1.61. The summed E-state index contributed by atoms with van der Waals surface area (Å²) in [4.78, 5) is 26.4. The molecule has 1 heterocycles. The van der Waals surface area contributed by atoms with Crippen molar-refractivity contribution in [1.82, 2.24) is 0 Å². The largest absolute Gasteiger partial charge is 0.508 e. The molecule has 8 heteroatoms. The number of phenols is 5. The number of Topliss-reactive ketones (excluding diaryl/α,β-unsaturated/α-hetero) is 1. The molecule has 0 amide bonds. The molecule has 0 aliphatic carbocycles. The van der Waals surface area contributed by atoms with Crippen LogP contribution in [0.15, 0.2) is 83.3 Å². The van der Waals surface area contributed by atoms with Crippen LogP contribution < -0.4 is 0 Å². The summed E-state index contributed by atoms with van der Waals surface area (Å²) in [5, 5.41) is 49.6. The maximum Gasteiger partial charge on any atom is 0.201 e. The topological polar surface area (TPSA) is 148 Å². The van der Waals surface area contributed by atoms with E-state index in [1.165, 1.54) is 36.4 Å². The van der Waals surface area contributed by atoms with Gasteiger partial charge in [0.15, 0.2) is 5.78 Å². The summed E-state index contributed by atoms with van der Waals surface area (Å²) >= 11 is 0. The van der Waals surface area contributed by atoms with Crippen molar-refractivity contribution < 1.29 is 39.5 Å². The lowest BCUT2D eigenvalue weighted by molar-refractivity contribution is 0.0979. The molecular formula is C30H22O8. The number of rotatable bonds is 7. The number of fused-ring (bicyclic) bond motifs is 1. The van der Waals surface area contributed by atoms with Gasteiger partial charge in [-0.25, -0.2) is 0 Å². The van der Waals surface area contributed by atoms with Crippen molar-refractivity contribution in [2.45, 2.75) is 12.8 Å². The van der Waals surface area contributed by atoms with Crippen molar-refractivity contribution in [3.05, 3.63) is 101 Å². The van der Waals surface area contributed by atoms with Gasteiger partial charge in [0.2, 0.25) is 5.78 Å². The van der Waals surface area contributed by atoms with Crippen LogP contribution in [-0.2, 0) is 6.42 Å². The lowest BCUT2D eigenvalue weighted by Crippen LogP contribution is -2.03. The molecular weight excluding hydrogens is 488 g/mol. The lowest BCUT2D eigenvalue weighted by Gasteiger charge is -2.07. The fourth-order valence-electron chi connectivity index (χ4n) is 4.34. The Bertz CT molecular complexity index is 1700. The molecule has 8 nitrogen and oxygen atoms in total. The maximum absolute atomic E-state index is 13.7. The molecule has 5 rings (SSSR count). The van der Waals surface area contributed by atoms with Crippen LogP contribution >= 0.6 is 0 Å². The Balaban J connectivity index is 1.56. The molecule has 0 radical (unpaired) electrons. The van der Waals surface area contributed by atoms with E-state index in [0.717, 1.165) is 17.7 Å². The summed E-state index contributed by atoms with van der Waals surface area (Å²) in [7, 11) is 0. The Labute approximate surface area is 216 Å². The van der Waals surface area contributed by atoms with Gasteiger partial charge in [0.05, 0.1) is 16.7 Å². The quantitative estimate of drug-likeness (QED) is 0.176. The van der Waals surface area contributed by atoms with Gasteiger partial charge < -0.3 is 29.9 Å². The van der Waals surface area contributed by atoms with E-state index in [4.69, 9.17) is 4.42 Å². The number of hydrogen-bond acceptors (Lipinski definition) is 8. The molecule has 1 aromatic heterocycles. The number of carbonyl (C=O) groups excluding carboxylic acids is 2. The van der Waals surface area contributed by atoms with Crippen LogP contribution in [0, 0.1) is 0 Å². The highest BCUT2D eigenvalue weighted by molar-refractivity contribution is 6.20. The van der Waals surface area contributed by atoms with Crippen molar-refractivity contribution in [1.29, 1.82) is 0 Å². The van der Waals surface area contributed by atoms with Crippen LogP contribution in [-0.4, -0.2) is 37.1 Å². The first kappa shape index (κ1) is 24.5. The molecule has 0 spiro atoms. The average molecular weight is 510 g/mol. The van der Waals surface area contributed by atoms with Crippen molar-refractivity contribution in [2.75, 3.05) is 0 Å². The van der Waals surface area contributed by atoms with Gasteiger partial charge in [0, 0.05) is 29.5 Å². The third kappa shape index (κ3) is 4.62. The van der Waals surface area contributed by atoms with Gasteiger partial charge in [-0.2, -0.15) is 0 Å². The highest BCUT2D eigenvalue weighted by Gasteiger charge is 2.26. The van der Waals surface area contributed by atoms with Gasteiger partial charge >= 0.3 is 0 Å². The van der Waals surface area contributed by atoms with Gasteiger partial charge in [0.25, 0.3) is 0 Å². The van der Waals surface area contributed by atoms with E-state index >= 15 is 0 Å². The predicted octanol–water partition coefficient (Wildman–Crippen LogP) is 5.67. The number of aryl methyl sites for hydroxylation is 1. The monoisotopic (exact) mass is 510 g/mol. The Morgan fingerprint density at radius 2 is 1.26 bits per heavy atom. The van der Waals surface area contributed by atoms with E-state index in [1.54, 1.807) is 30.3 Å². The van der Waals surface area contributed by atoms with E-state index in [9.17, 15) is 35.1 Å². The van der Waals surface area contributed by atoms with E-state index in [0.29, 0.717) is 23.0 Å². The molecule has 5 aromatic rings. The van der Waals surface area contributed by atoms with Gasteiger partial charge in [-0.15, -0.1) is 0 Å². The molecule has 190 valence electrons. The molecule has 0 saturated carbocycles. The van der Waals surface area contributed by atoms with Gasteiger partial charge in [-0.3, -0.25) is 9.59 Å². The highest BCUT2D eigenvalue weighted by Crippen LogP contribution is 2.38. The number of carbonyl (C=O) groups is 2. The number of furan rings is 1. The second-order valence-corrected chi connectivity index (χ2v) is 8.84. The number of ketones is 2. The predicted molar refractivity (Wildman–Crippen MR) is 139 cm³/mol. The van der Waals surface area contributed by atoms with Crippen molar-refractivity contribution >= 4 is 22.5 Å². The molecule has 0 saturated heterocycles. The zero-order chi connectivity index (χ0) is 27.0. The van der Waals surface area contributed by atoms with Crippen LogP contribution in [0.1, 0.15) is 38.3 Å². The SMILES string of the molecule is O=C(CCc1ccc2oc(-c3ccc(O)cc3)c(C(=O)c3ccc(O)cc3O)c2c1)c1ccc(O)cc1O. The minimum Gasteiger partial charge on any atom is -0.508 e. The van der Waals surface area contributed by atoms with Crippen molar-refractivity contribution in [3.8, 4) is 40.1 Å². The molecule has 0 atom stereocenters. The van der Waals surface area contributed by atoms with E-state index in [1.807, 2.05) is 0 Å². The Kier molecular flexibility index (Phi) is 6.22. The first-order valence-corrected chi connectivity index (χ1v) is 11.7. The second kappa shape index (κ2) is 9.67. The number of hydrogen-bond donors (Lipinski definition) is 5. The fraction of sp³-hybridized carbons (Fsp3) is 0.0667. The summed E-state index contributed by atoms with van der Waals surface area (Å²) in [6.07, 6.45) is 0.363. The summed E-state index contributed by atoms with van der Waals surface area (Å²) in [6, 6.07) is 18.8. The van der Waals surface area contributed by atoms with Crippen molar-refractivity contribution in [2.24, 2.45) is 0 Å². The van der Waals surface area contributed by atoms with Crippen LogP contribution in [0.3, 0.4) is 0 Å². The first-order chi connectivity index (χ1) is 18.2. The summed E-state index contributed by atoms with van der Waals surface area (Å²) < 4.78 is 6.05. The standard InChI is InChI=1S/C30H22O8/c31-18-5-3-17(4-6-18)30-28(29(37)22-10-8-20(33)15-26(22)36)23-13-16(2-12-27(23)38-30)1-11-24(34)21-9-7-19(32)14-25(21)35/h2-10,12-15,31-33,35-36H,1,11H2. The third-order valence-electron chi connectivity index (χ3n) is 6.26. The van der Waals surface area contributed by atoms with Crippen molar-refractivity contribution in [3.63, 3.8) is 0 Å². The Hall–Kier alpha value is -5.24. The molecule has 0 aliphatic rings. The van der Waals surface area contributed by atoms with Crippen LogP contribution in [0.25, 0.3) is 22.3 Å². The lowest BCUT2D eigenvalue weighted by atomic mass is 9.95. The minimum atomic E-state index is -0.536. The average Bonchev–Trinajstić information content (AvgIpc) is 3.26. The van der Waals surface area contributed by atoms with E-state index < -0.39 is 11.5 Å². The zero-order valence-corrected chi connectivity index (χ0v) is 19.9. The third-order valence-corrected chi connectivity index (χ3v) is 6.26. The summed E-state index contributed by atoms with van der Waals surface area (Å²) in [5.41, 5.74) is 1.90. The Morgan fingerprint density at radius 1 is 0.658 bits per heavy atom. The molecule has 4 aromatic carbocycles. The first-order valence-electron chi connectivity index (χ1n) is 11.7. The molecule has 38 heavy (non-hydrogen) atoms. The van der Waals surface area contributed by atoms with E-state index in [2.05, 4.69) is 0 Å². The molecule has 0 aliphatic heterocycles. The van der Waals surface area contributed by atoms with E-state index in [-0.39, 0.29) is 57.7 Å². The molecule has 0 bridgehead atoms. The van der Waals surface area contributed by atoms with Crippen LogP contribution in [0.4, 0.5) is 0 Å². The zero-order valence-electron chi connectivity index (χ0n) is 19.9. The molecule has 5 N–H and O–H groups in total. The maximum atomic E-state index is 13.7. The number of phenolic OH excluding ortho intramolecular Hbond substituents is 5. The highest BCUT2D eigenvalue weighted by atomic mass is 16.3. The Morgan fingerprint density at radius 3 is 1.89 bits per heavy atom. The van der Waals surface area contributed by atoms with Gasteiger partial charge in [0.1, 0.15) is 40.1 Å². The van der Waals surface area contributed by atoms with Gasteiger partial charge in [-0.1, -0.05) is 6.07 Å². The van der Waals surface area contributed by atoms with Crippen LogP contribution in [0.2, 0.25) is 0 Å². The number of benzene rings is 4. The van der Waals surface area contributed by atoms with Crippen LogP contribution in [0.5, 0.6) is 28.7 Å². The van der Waals surface area contributed by atoms with Gasteiger partial charge in [-0.05, 0) is 72.6 Å². The second-order valence-electron chi connectivity index (χ2n) is 8.84. The minimum absolute atomic E-state index is 0.0334. The smallest absolute Gasteiger partial charge is 0.201 e. The normalized spacial score (nSPS) is 11.1.